The number of hydrogen-bond acceptors (Lipinski definition) is 2. The standard InChI is InChI=1S/C15H11NO2/c1-9-7-8-11-13(15(18)16-14(11)17)12(9)10-5-3-2-4-6-10/h2-8H,1H3,(H,16,17,18). The molecule has 0 bridgehead atoms. The first-order valence-electron chi connectivity index (χ1n) is 5.73. The number of fused-ring (bicyclic) bond motifs is 1. The number of imide groups is 1. The first-order chi connectivity index (χ1) is 8.68. The zero-order chi connectivity index (χ0) is 12.7. The molecule has 0 fully saturated rings. The molecule has 0 radical (unpaired) electrons. The molecular weight excluding hydrogens is 226 g/mol. The molecule has 1 aliphatic rings. The smallest absolute Gasteiger partial charge is 0.259 e. The van der Waals surface area contributed by atoms with Crippen molar-refractivity contribution in [1.82, 2.24) is 5.32 Å². The molecule has 1 N–H and O–H groups in total. The fraction of sp³-hybridized carbons (Fsp3) is 0.0667. The van der Waals surface area contributed by atoms with Crippen molar-refractivity contribution in [2.24, 2.45) is 0 Å². The molecule has 0 unspecified atom stereocenters. The summed E-state index contributed by atoms with van der Waals surface area (Å²) in [4.78, 5) is 23.5. The molecule has 0 atom stereocenters. The van der Waals surface area contributed by atoms with Gasteiger partial charge in [-0.3, -0.25) is 14.9 Å². The quantitative estimate of drug-likeness (QED) is 0.775. The lowest BCUT2D eigenvalue weighted by Gasteiger charge is -2.09. The molecule has 0 aliphatic carbocycles. The fourth-order valence-electron chi connectivity index (χ4n) is 2.34. The van der Waals surface area contributed by atoms with E-state index in [9.17, 15) is 9.59 Å². The number of aryl methyl sites for hydroxylation is 1. The molecule has 2 aromatic carbocycles. The lowest BCUT2D eigenvalue weighted by molar-refractivity contribution is 0.0880. The van der Waals surface area contributed by atoms with Gasteiger partial charge in [-0.25, -0.2) is 0 Å². The van der Waals surface area contributed by atoms with Crippen LogP contribution >= 0.6 is 0 Å². The van der Waals surface area contributed by atoms with Gasteiger partial charge in [0, 0.05) is 0 Å². The summed E-state index contributed by atoms with van der Waals surface area (Å²) in [6.45, 7) is 1.94. The largest absolute Gasteiger partial charge is 0.288 e. The minimum atomic E-state index is -0.313. The highest BCUT2D eigenvalue weighted by Crippen LogP contribution is 2.32. The van der Waals surface area contributed by atoms with Crippen molar-refractivity contribution in [3.05, 3.63) is 59.2 Å². The highest BCUT2D eigenvalue weighted by molar-refractivity contribution is 6.24. The third-order valence-corrected chi connectivity index (χ3v) is 3.17. The van der Waals surface area contributed by atoms with Crippen LogP contribution in [0, 0.1) is 6.92 Å². The maximum Gasteiger partial charge on any atom is 0.259 e. The summed E-state index contributed by atoms with van der Waals surface area (Å²) in [7, 11) is 0. The Morgan fingerprint density at radius 1 is 0.833 bits per heavy atom. The molecule has 0 saturated carbocycles. The van der Waals surface area contributed by atoms with Gasteiger partial charge in [-0.2, -0.15) is 0 Å². The molecule has 0 saturated heterocycles. The Hall–Kier alpha value is -2.42. The molecular formula is C15H11NO2. The van der Waals surface area contributed by atoms with Gasteiger partial charge in [0.1, 0.15) is 0 Å². The molecule has 0 aromatic heterocycles. The van der Waals surface area contributed by atoms with Crippen molar-refractivity contribution in [3.63, 3.8) is 0 Å². The summed E-state index contributed by atoms with van der Waals surface area (Å²) in [6, 6.07) is 13.2. The van der Waals surface area contributed by atoms with Crippen molar-refractivity contribution in [2.75, 3.05) is 0 Å². The van der Waals surface area contributed by atoms with Crippen molar-refractivity contribution in [3.8, 4) is 11.1 Å². The average molecular weight is 237 g/mol. The first-order valence-corrected chi connectivity index (χ1v) is 5.73. The minimum Gasteiger partial charge on any atom is -0.288 e. The minimum absolute atomic E-state index is 0.308. The van der Waals surface area contributed by atoms with Gasteiger partial charge in [0.05, 0.1) is 11.1 Å². The predicted molar refractivity (Wildman–Crippen MR) is 68.4 cm³/mol. The normalized spacial score (nSPS) is 13.4. The van der Waals surface area contributed by atoms with E-state index < -0.39 is 0 Å². The SMILES string of the molecule is Cc1ccc2c(c1-c1ccccc1)C(=O)NC2=O. The molecule has 3 nitrogen and oxygen atoms in total. The second-order valence-electron chi connectivity index (χ2n) is 4.33. The van der Waals surface area contributed by atoms with Crippen LogP contribution in [0.3, 0.4) is 0 Å². The monoisotopic (exact) mass is 237 g/mol. The van der Waals surface area contributed by atoms with Crippen molar-refractivity contribution in [2.45, 2.75) is 6.92 Å². The summed E-state index contributed by atoms with van der Waals surface area (Å²) < 4.78 is 0. The molecule has 18 heavy (non-hydrogen) atoms. The number of rotatable bonds is 1. The Balaban J connectivity index is 2.34. The van der Waals surface area contributed by atoms with Gasteiger partial charge in [-0.05, 0) is 29.7 Å². The number of carbonyl (C=O) groups is 2. The van der Waals surface area contributed by atoms with Crippen LogP contribution in [0.2, 0.25) is 0 Å². The summed E-state index contributed by atoms with van der Waals surface area (Å²) >= 11 is 0. The van der Waals surface area contributed by atoms with Crippen LogP contribution in [0.25, 0.3) is 11.1 Å². The van der Waals surface area contributed by atoms with Crippen LogP contribution in [-0.4, -0.2) is 11.8 Å². The molecule has 3 heteroatoms. The fourth-order valence-corrected chi connectivity index (χ4v) is 2.34. The lowest BCUT2D eigenvalue weighted by atomic mass is 9.92. The Kier molecular flexibility index (Phi) is 2.27. The lowest BCUT2D eigenvalue weighted by Crippen LogP contribution is -2.20. The Bertz CT molecular complexity index is 660. The van der Waals surface area contributed by atoms with E-state index in [1.54, 1.807) is 6.07 Å². The second-order valence-corrected chi connectivity index (χ2v) is 4.33. The van der Waals surface area contributed by atoms with Crippen LogP contribution in [-0.2, 0) is 0 Å². The van der Waals surface area contributed by atoms with Crippen LogP contribution in [0.5, 0.6) is 0 Å². The Morgan fingerprint density at radius 2 is 1.56 bits per heavy atom. The van der Waals surface area contributed by atoms with Crippen LogP contribution < -0.4 is 5.32 Å². The summed E-state index contributed by atoms with van der Waals surface area (Å²) in [5, 5.41) is 2.34. The summed E-state index contributed by atoms with van der Waals surface area (Å²) in [6.07, 6.45) is 0. The van der Waals surface area contributed by atoms with Gasteiger partial charge >= 0.3 is 0 Å². The molecule has 2 aromatic rings. The van der Waals surface area contributed by atoms with Crippen molar-refractivity contribution < 1.29 is 9.59 Å². The maximum atomic E-state index is 11.9. The second kappa shape index (κ2) is 3.81. The zero-order valence-corrected chi connectivity index (χ0v) is 9.86. The third-order valence-electron chi connectivity index (χ3n) is 3.17. The predicted octanol–water partition coefficient (Wildman–Crippen LogP) is 2.55. The molecule has 88 valence electrons. The van der Waals surface area contributed by atoms with Crippen molar-refractivity contribution >= 4 is 11.8 Å². The molecule has 1 aliphatic heterocycles. The van der Waals surface area contributed by atoms with Gasteiger partial charge in [-0.1, -0.05) is 36.4 Å². The highest BCUT2D eigenvalue weighted by atomic mass is 16.2. The van der Waals surface area contributed by atoms with Gasteiger partial charge in [0.2, 0.25) is 0 Å². The van der Waals surface area contributed by atoms with Crippen LogP contribution in [0.15, 0.2) is 42.5 Å². The topological polar surface area (TPSA) is 46.2 Å². The Morgan fingerprint density at radius 3 is 2.28 bits per heavy atom. The summed E-state index contributed by atoms with van der Waals surface area (Å²) in [5.74, 6) is -0.621. The average Bonchev–Trinajstić information content (AvgIpc) is 2.66. The number of carbonyl (C=O) groups excluding carboxylic acids is 2. The van der Waals surface area contributed by atoms with Gasteiger partial charge in [0.15, 0.2) is 0 Å². The Labute approximate surface area is 104 Å². The number of benzene rings is 2. The highest BCUT2D eigenvalue weighted by Gasteiger charge is 2.30. The van der Waals surface area contributed by atoms with Crippen LogP contribution in [0.4, 0.5) is 0 Å². The van der Waals surface area contributed by atoms with E-state index in [4.69, 9.17) is 0 Å². The van der Waals surface area contributed by atoms with Crippen molar-refractivity contribution in [1.29, 1.82) is 0 Å². The van der Waals surface area contributed by atoms with E-state index in [0.717, 1.165) is 16.7 Å². The van der Waals surface area contributed by atoms with E-state index in [0.29, 0.717) is 11.1 Å². The molecule has 0 spiro atoms. The first kappa shape index (κ1) is 10.7. The summed E-state index contributed by atoms with van der Waals surface area (Å²) in [5.41, 5.74) is 3.74. The number of amides is 2. The van der Waals surface area contributed by atoms with Crippen LogP contribution in [0.1, 0.15) is 26.3 Å². The van der Waals surface area contributed by atoms with E-state index in [1.807, 2.05) is 43.3 Å². The van der Waals surface area contributed by atoms with Gasteiger partial charge in [-0.15, -0.1) is 0 Å². The zero-order valence-electron chi connectivity index (χ0n) is 9.86. The number of hydrogen-bond donors (Lipinski definition) is 1. The van der Waals surface area contributed by atoms with Gasteiger partial charge in [0.25, 0.3) is 11.8 Å². The third kappa shape index (κ3) is 1.44. The molecule has 1 heterocycles. The number of nitrogens with one attached hydrogen (secondary N) is 1. The van der Waals surface area contributed by atoms with E-state index >= 15 is 0 Å². The van der Waals surface area contributed by atoms with E-state index in [2.05, 4.69) is 5.32 Å². The van der Waals surface area contributed by atoms with Gasteiger partial charge < -0.3 is 0 Å². The maximum absolute atomic E-state index is 11.9. The molecule has 2 amide bonds. The molecule has 3 rings (SSSR count). The van der Waals surface area contributed by atoms with E-state index in [-0.39, 0.29) is 11.8 Å². The van der Waals surface area contributed by atoms with E-state index in [1.165, 1.54) is 0 Å².